The van der Waals surface area contributed by atoms with Gasteiger partial charge in [0.1, 0.15) is 11.6 Å². The second-order valence-electron chi connectivity index (χ2n) is 4.53. The molecule has 1 N–H and O–H groups in total. The van der Waals surface area contributed by atoms with Crippen LogP contribution in [-0.2, 0) is 11.3 Å². The van der Waals surface area contributed by atoms with Crippen LogP contribution in [0.1, 0.15) is 12.0 Å². The van der Waals surface area contributed by atoms with Crippen molar-refractivity contribution in [2.45, 2.75) is 19.0 Å². The summed E-state index contributed by atoms with van der Waals surface area (Å²) in [4.78, 5) is 12.8. The van der Waals surface area contributed by atoms with Crippen molar-refractivity contribution in [3.05, 3.63) is 35.4 Å². The number of aliphatic carboxylic acids is 1. The van der Waals surface area contributed by atoms with E-state index in [0.29, 0.717) is 12.1 Å². The lowest BCUT2D eigenvalue weighted by Crippen LogP contribution is -2.43. The van der Waals surface area contributed by atoms with E-state index < -0.39 is 17.6 Å². The van der Waals surface area contributed by atoms with Gasteiger partial charge in [0.25, 0.3) is 0 Å². The summed E-state index contributed by atoms with van der Waals surface area (Å²) in [6.45, 7) is 1.05. The standard InChI is InChI=1S/C13H15F2NO2S/c14-10-2-1-9(12(15)5-10)7-16-3-4-19-8-11(16)6-13(17)18/h1-2,5,11H,3-4,6-8H2,(H,17,18). The highest BCUT2D eigenvalue weighted by atomic mass is 32.2. The van der Waals surface area contributed by atoms with Crippen molar-refractivity contribution in [1.29, 1.82) is 0 Å². The molecule has 1 unspecified atom stereocenters. The molecule has 1 aromatic rings. The van der Waals surface area contributed by atoms with E-state index in [9.17, 15) is 13.6 Å². The SMILES string of the molecule is O=C(O)CC1CSCCN1Cc1ccc(F)cc1F. The summed E-state index contributed by atoms with van der Waals surface area (Å²) in [5.74, 6) is -0.393. The summed E-state index contributed by atoms with van der Waals surface area (Å²) >= 11 is 1.71. The number of carbonyl (C=O) groups is 1. The van der Waals surface area contributed by atoms with Gasteiger partial charge in [-0.3, -0.25) is 9.69 Å². The fourth-order valence-electron chi connectivity index (χ4n) is 2.16. The summed E-state index contributed by atoms with van der Waals surface area (Å²) < 4.78 is 26.4. The monoisotopic (exact) mass is 287 g/mol. The number of hydrogen-bond acceptors (Lipinski definition) is 3. The van der Waals surface area contributed by atoms with E-state index in [2.05, 4.69) is 0 Å². The van der Waals surface area contributed by atoms with E-state index in [4.69, 9.17) is 5.11 Å². The predicted molar refractivity (Wildman–Crippen MR) is 70.1 cm³/mol. The second-order valence-corrected chi connectivity index (χ2v) is 5.68. The van der Waals surface area contributed by atoms with Gasteiger partial charge >= 0.3 is 5.97 Å². The van der Waals surface area contributed by atoms with Gasteiger partial charge in [0.2, 0.25) is 0 Å². The third kappa shape index (κ3) is 3.91. The Balaban J connectivity index is 2.08. The average Bonchev–Trinajstić information content (AvgIpc) is 2.34. The predicted octanol–water partition coefficient (Wildman–Crippen LogP) is 2.36. The summed E-state index contributed by atoms with van der Waals surface area (Å²) in [6, 6.07) is 3.41. The number of benzene rings is 1. The number of halogens is 2. The van der Waals surface area contributed by atoms with Crippen LogP contribution < -0.4 is 0 Å². The van der Waals surface area contributed by atoms with Crippen molar-refractivity contribution < 1.29 is 18.7 Å². The molecule has 0 radical (unpaired) electrons. The minimum absolute atomic E-state index is 0.0514. The molecule has 1 heterocycles. The number of hydrogen-bond donors (Lipinski definition) is 1. The first-order valence-corrected chi connectivity index (χ1v) is 7.19. The van der Waals surface area contributed by atoms with E-state index in [0.717, 1.165) is 24.1 Å². The molecule has 0 saturated carbocycles. The van der Waals surface area contributed by atoms with Crippen LogP contribution in [-0.4, -0.2) is 40.1 Å². The Bertz CT molecular complexity index is 470. The molecule has 1 aliphatic rings. The number of nitrogens with zero attached hydrogens (tertiary/aromatic N) is 1. The zero-order valence-corrected chi connectivity index (χ0v) is 11.1. The van der Waals surface area contributed by atoms with E-state index in [1.165, 1.54) is 12.1 Å². The largest absolute Gasteiger partial charge is 0.481 e. The second kappa shape index (κ2) is 6.34. The van der Waals surface area contributed by atoms with E-state index in [-0.39, 0.29) is 12.5 Å². The Hall–Kier alpha value is -1.14. The van der Waals surface area contributed by atoms with Crippen LogP contribution in [0.2, 0.25) is 0 Å². The first kappa shape index (κ1) is 14.3. The zero-order chi connectivity index (χ0) is 13.8. The number of rotatable bonds is 4. The molecule has 1 atom stereocenters. The zero-order valence-electron chi connectivity index (χ0n) is 10.3. The van der Waals surface area contributed by atoms with E-state index >= 15 is 0 Å². The van der Waals surface area contributed by atoms with Crippen molar-refractivity contribution in [3.8, 4) is 0 Å². The molecule has 1 aliphatic heterocycles. The molecule has 19 heavy (non-hydrogen) atoms. The Morgan fingerprint density at radius 3 is 2.95 bits per heavy atom. The molecule has 0 aliphatic carbocycles. The molecule has 2 rings (SSSR count). The van der Waals surface area contributed by atoms with Crippen LogP contribution in [0.5, 0.6) is 0 Å². The Kier molecular flexibility index (Phi) is 4.76. The number of thioether (sulfide) groups is 1. The molecular weight excluding hydrogens is 272 g/mol. The average molecular weight is 287 g/mol. The third-order valence-corrected chi connectivity index (χ3v) is 4.24. The Morgan fingerprint density at radius 2 is 2.26 bits per heavy atom. The minimum Gasteiger partial charge on any atom is -0.481 e. The van der Waals surface area contributed by atoms with Crippen LogP contribution in [0.3, 0.4) is 0 Å². The lowest BCUT2D eigenvalue weighted by atomic mass is 10.1. The van der Waals surface area contributed by atoms with Gasteiger partial charge in [-0.15, -0.1) is 0 Å². The highest BCUT2D eigenvalue weighted by molar-refractivity contribution is 7.99. The van der Waals surface area contributed by atoms with E-state index in [1.807, 2.05) is 4.90 Å². The highest BCUT2D eigenvalue weighted by Crippen LogP contribution is 2.22. The molecule has 0 aromatic heterocycles. The van der Waals surface area contributed by atoms with Crippen molar-refractivity contribution in [2.75, 3.05) is 18.1 Å². The molecule has 0 bridgehead atoms. The minimum atomic E-state index is -0.850. The van der Waals surface area contributed by atoms with Gasteiger partial charge in [-0.05, 0) is 6.07 Å². The molecule has 0 amide bonds. The number of carboxylic acids is 1. The number of carboxylic acid groups (broad SMARTS) is 1. The van der Waals surface area contributed by atoms with Gasteiger partial charge < -0.3 is 5.11 Å². The molecular formula is C13H15F2NO2S. The van der Waals surface area contributed by atoms with Gasteiger partial charge in [-0.1, -0.05) is 6.07 Å². The van der Waals surface area contributed by atoms with Crippen LogP contribution in [0.25, 0.3) is 0 Å². The maximum absolute atomic E-state index is 13.6. The first-order valence-electron chi connectivity index (χ1n) is 6.04. The maximum atomic E-state index is 13.6. The molecule has 1 saturated heterocycles. The Morgan fingerprint density at radius 1 is 1.47 bits per heavy atom. The van der Waals surface area contributed by atoms with Crippen LogP contribution in [0.15, 0.2) is 18.2 Å². The molecule has 6 heteroatoms. The van der Waals surface area contributed by atoms with Crippen LogP contribution >= 0.6 is 11.8 Å². The van der Waals surface area contributed by atoms with Crippen molar-refractivity contribution >= 4 is 17.7 Å². The summed E-state index contributed by atoms with van der Waals surface area (Å²) in [5, 5.41) is 8.88. The van der Waals surface area contributed by atoms with E-state index in [1.54, 1.807) is 11.8 Å². The fraction of sp³-hybridized carbons (Fsp3) is 0.462. The summed E-state index contributed by atoms with van der Waals surface area (Å²) in [7, 11) is 0. The molecule has 3 nitrogen and oxygen atoms in total. The third-order valence-electron chi connectivity index (χ3n) is 3.15. The quantitative estimate of drug-likeness (QED) is 0.923. The lowest BCUT2D eigenvalue weighted by Gasteiger charge is -2.34. The summed E-state index contributed by atoms with van der Waals surface area (Å²) in [6.07, 6.45) is 0.0514. The van der Waals surface area contributed by atoms with Gasteiger partial charge in [0.05, 0.1) is 6.42 Å². The van der Waals surface area contributed by atoms with Crippen molar-refractivity contribution in [2.24, 2.45) is 0 Å². The Labute approximate surface area is 114 Å². The summed E-state index contributed by atoms with van der Waals surface area (Å²) in [5.41, 5.74) is 0.406. The van der Waals surface area contributed by atoms with Crippen LogP contribution in [0, 0.1) is 11.6 Å². The normalized spacial score (nSPS) is 20.4. The van der Waals surface area contributed by atoms with Crippen molar-refractivity contribution in [1.82, 2.24) is 4.90 Å². The lowest BCUT2D eigenvalue weighted by molar-refractivity contribution is -0.138. The molecule has 0 spiro atoms. The highest BCUT2D eigenvalue weighted by Gasteiger charge is 2.25. The van der Waals surface area contributed by atoms with Crippen LogP contribution in [0.4, 0.5) is 8.78 Å². The smallest absolute Gasteiger partial charge is 0.304 e. The van der Waals surface area contributed by atoms with Gasteiger partial charge in [-0.2, -0.15) is 11.8 Å². The van der Waals surface area contributed by atoms with Crippen molar-refractivity contribution in [3.63, 3.8) is 0 Å². The molecule has 104 valence electrons. The molecule has 1 aromatic carbocycles. The molecule has 1 fully saturated rings. The van der Waals surface area contributed by atoms with Gasteiger partial charge in [0, 0.05) is 42.3 Å². The topological polar surface area (TPSA) is 40.5 Å². The van der Waals surface area contributed by atoms with Gasteiger partial charge in [-0.25, -0.2) is 8.78 Å². The van der Waals surface area contributed by atoms with Gasteiger partial charge in [0.15, 0.2) is 0 Å². The maximum Gasteiger partial charge on any atom is 0.304 e. The fourth-order valence-corrected chi connectivity index (χ4v) is 3.29. The first-order chi connectivity index (χ1) is 9.06.